The standard InChI is InChI=1S/C6H10N2O3/c9-5(10)4-2-1-3-7-6(11)8-4/h4H,1-3H2,(H,9,10)(H2,7,8,11)/t4-/m1/s1. The maximum atomic E-state index is 10.7. The van der Waals surface area contributed by atoms with Crippen molar-refractivity contribution in [2.45, 2.75) is 18.9 Å². The number of hydrogen-bond donors (Lipinski definition) is 3. The number of rotatable bonds is 1. The molecular formula is C6H10N2O3. The van der Waals surface area contributed by atoms with Crippen LogP contribution in [0.15, 0.2) is 0 Å². The lowest BCUT2D eigenvalue weighted by Gasteiger charge is -2.08. The highest BCUT2D eigenvalue weighted by molar-refractivity contribution is 5.82. The number of carbonyl (C=O) groups excluding carboxylic acids is 1. The van der Waals surface area contributed by atoms with Gasteiger partial charge in [0.05, 0.1) is 0 Å². The molecule has 1 heterocycles. The third-order valence-corrected chi connectivity index (χ3v) is 1.56. The molecule has 1 aliphatic rings. The Morgan fingerprint density at radius 1 is 1.64 bits per heavy atom. The number of urea groups is 1. The summed E-state index contributed by atoms with van der Waals surface area (Å²) in [5, 5.41) is 13.4. The summed E-state index contributed by atoms with van der Waals surface area (Å²) in [4.78, 5) is 21.1. The molecule has 0 aromatic rings. The van der Waals surface area contributed by atoms with Crippen molar-refractivity contribution in [1.82, 2.24) is 10.6 Å². The van der Waals surface area contributed by atoms with Gasteiger partial charge in [-0.1, -0.05) is 0 Å². The maximum absolute atomic E-state index is 10.7. The van der Waals surface area contributed by atoms with Crippen LogP contribution in [0.4, 0.5) is 4.79 Å². The predicted octanol–water partition coefficient (Wildman–Crippen LogP) is -0.467. The van der Waals surface area contributed by atoms with E-state index >= 15 is 0 Å². The van der Waals surface area contributed by atoms with Crippen molar-refractivity contribution < 1.29 is 14.7 Å². The van der Waals surface area contributed by atoms with Gasteiger partial charge >= 0.3 is 12.0 Å². The molecule has 0 bridgehead atoms. The molecule has 1 aliphatic heterocycles. The molecule has 0 aromatic carbocycles. The normalized spacial score (nSPS) is 24.7. The van der Waals surface area contributed by atoms with E-state index in [9.17, 15) is 9.59 Å². The first-order valence-electron chi connectivity index (χ1n) is 3.47. The first kappa shape index (κ1) is 7.84. The first-order chi connectivity index (χ1) is 5.20. The van der Waals surface area contributed by atoms with E-state index in [0.29, 0.717) is 19.4 Å². The highest BCUT2D eigenvalue weighted by Gasteiger charge is 2.21. The first-order valence-corrected chi connectivity index (χ1v) is 3.47. The largest absolute Gasteiger partial charge is 0.480 e. The van der Waals surface area contributed by atoms with Crippen molar-refractivity contribution in [2.75, 3.05) is 6.54 Å². The molecule has 5 nitrogen and oxygen atoms in total. The molecule has 0 radical (unpaired) electrons. The third kappa shape index (κ3) is 2.10. The number of amides is 2. The van der Waals surface area contributed by atoms with Gasteiger partial charge in [-0.05, 0) is 12.8 Å². The van der Waals surface area contributed by atoms with Crippen molar-refractivity contribution in [3.63, 3.8) is 0 Å². The van der Waals surface area contributed by atoms with Gasteiger partial charge in [0.25, 0.3) is 0 Å². The smallest absolute Gasteiger partial charge is 0.326 e. The Morgan fingerprint density at radius 2 is 2.36 bits per heavy atom. The van der Waals surface area contributed by atoms with Crippen LogP contribution < -0.4 is 10.6 Å². The molecule has 11 heavy (non-hydrogen) atoms. The molecule has 5 heteroatoms. The van der Waals surface area contributed by atoms with Gasteiger partial charge in [0.15, 0.2) is 0 Å². The van der Waals surface area contributed by atoms with Gasteiger partial charge in [-0.2, -0.15) is 0 Å². The lowest BCUT2D eigenvalue weighted by Crippen LogP contribution is -2.42. The lowest BCUT2D eigenvalue weighted by molar-refractivity contribution is -0.139. The molecule has 3 N–H and O–H groups in total. The monoisotopic (exact) mass is 158 g/mol. The Kier molecular flexibility index (Phi) is 2.30. The van der Waals surface area contributed by atoms with E-state index in [1.807, 2.05) is 0 Å². The van der Waals surface area contributed by atoms with Crippen molar-refractivity contribution in [3.05, 3.63) is 0 Å². The van der Waals surface area contributed by atoms with Crippen molar-refractivity contribution in [2.24, 2.45) is 0 Å². The van der Waals surface area contributed by atoms with Crippen LogP contribution in [0, 0.1) is 0 Å². The third-order valence-electron chi connectivity index (χ3n) is 1.56. The van der Waals surface area contributed by atoms with E-state index < -0.39 is 18.0 Å². The van der Waals surface area contributed by atoms with Crippen LogP contribution in [0.5, 0.6) is 0 Å². The molecule has 1 fully saturated rings. The summed E-state index contributed by atoms with van der Waals surface area (Å²) < 4.78 is 0. The Bertz CT molecular complexity index is 181. The molecule has 0 spiro atoms. The van der Waals surface area contributed by atoms with Crippen molar-refractivity contribution in [3.8, 4) is 0 Å². The van der Waals surface area contributed by atoms with E-state index in [4.69, 9.17) is 5.11 Å². The van der Waals surface area contributed by atoms with Crippen molar-refractivity contribution >= 4 is 12.0 Å². The number of aliphatic carboxylic acids is 1. The fraction of sp³-hybridized carbons (Fsp3) is 0.667. The van der Waals surface area contributed by atoms with Crippen LogP contribution in [-0.4, -0.2) is 29.7 Å². The van der Waals surface area contributed by atoms with Crippen LogP contribution in [0.1, 0.15) is 12.8 Å². The van der Waals surface area contributed by atoms with Gasteiger partial charge in [-0.3, -0.25) is 0 Å². The molecule has 0 aliphatic carbocycles. The molecule has 1 rings (SSSR count). The van der Waals surface area contributed by atoms with Gasteiger partial charge in [0, 0.05) is 6.54 Å². The molecule has 1 atom stereocenters. The van der Waals surface area contributed by atoms with Crippen LogP contribution in [-0.2, 0) is 4.79 Å². The zero-order valence-electron chi connectivity index (χ0n) is 5.96. The van der Waals surface area contributed by atoms with E-state index in [-0.39, 0.29) is 0 Å². The number of hydrogen-bond acceptors (Lipinski definition) is 2. The SMILES string of the molecule is O=C1NCCC[C@H](C(=O)O)N1. The molecule has 0 unspecified atom stereocenters. The molecule has 62 valence electrons. The predicted molar refractivity (Wildman–Crippen MR) is 37.2 cm³/mol. The minimum absolute atomic E-state index is 0.394. The second kappa shape index (κ2) is 3.23. The van der Waals surface area contributed by atoms with Gasteiger partial charge in [-0.15, -0.1) is 0 Å². The van der Waals surface area contributed by atoms with Crippen molar-refractivity contribution in [1.29, 1.82) is 0 Å². The molecule has 2 amide bonds. The van der Waals surface area contributed by atoms with Crippen LogP contribution in [0.3, 0.4) is 0 Å². The van der Waals surface area contributed by atoms with Gasteiger partial charge < -0.3 is 15.7 Å². The molecular weight excluding hydrogens is 148 g/mol. The number of carboxylic acid groups (broad SMARTS) is 1. The Balaban J connectivity index is 2.52. The van der Waals surface area contributed by atoms with Gasteiger partial charge in [0.1, 0.15) is 6.04 Å². The summed E-state index contributed by atoms with van der Waals surface area (Å²) in [5.74, 6) is -0.970. The summed E-state index contributed by atoms with van der Waals surface area (Å²) in [5.41, 5.74) is 0. The Labute approximate surface area is 63.8 Å². The highest BCUT2D eigenvalue weighted by Crippen LogP contribution is 1.99. The second-order valence-corrected chi connectivity index (χ2v) is 2.43. The van der Waals surface area contributed by atoms with E-state index in [0.717, 1.165) is 0 Å². The zero-order chi connectivity index (χ0) is 8.27. The number of carbonyl (C=O) groups is 2. The van der Waals surface area contributed by atoms with Gasteiger partial charge in [-0.25, -0.2) is 9.59 Å². The van der Waals surface area contributed by atoms with Crippen LogP contribution >= 0.6 is 0 Å². The van der Waals surface area contributed by atoms with E-state index in [1.54, 1.807) is 0 Å². The minimum atomic E-state index is -0.970. The number of nitrogens with one attached hydrogen (secondary N) is 2. The summed E-state index contributed by atoms with van der Waals surface area (Å²) in [7, 11) is 0. The van der Waals surface area contributed by atoms with E-state index in [1.165, 1.54) is 0 Å². The fourth-order valence-electron chi connectivity index (χ4n) is 0.975. The molecule has 0 saturated carbocycles. The topological polar surface area (TPSA) is 78.4 Å². The highest BCUT2D eigenvalue weighted by atomic mass is 16.4. The molecule has 1 saturated heterocycles. The summed E-state index contributed by atoms with van der Waals surface area (Å²) in [6, 6.07) is -1.12. The lowest BCUT2D eigenvalue weighted by atomic mass is 10.2. The quantitative estimate of drug-likeness (QED) is 0.483. The average molecular weight is 158 g/mol. The van der Waals surface area contributed by atoms with Gasteiger partial charge in [0.2, 0.25) is 0 Å². The average Bonchev–Trinajstić information content (AvgIpc) is 2.13. The second-order valence-electron chi connectivity index (χ2n) is 2.43. The van der Waals surface area contributed by atoms with Crippen LogP contribution in [0.25, 0.3) is 0 Å². The summed E-state index contributed by atoms with van der Waals surface area (Å²) in [6.07, 6.45) is 1.20. The number of carboxylic acids is 1. The zero-order valence-corrected chi connectivity index (χ0v) is 5.96. The minimum Gasteiger partial charge on any atom is -0.480 e. The Morgan fingerprint density at radius 3 is 3.00 bits per heavy atom. The van der Waals surface area contributed by atoms with Crippen LogP contribution in [0.2, 0.25) is 0 Å². The Hall–Kier alpha value is -1.26. The molecule has 0 aromatic heterocycles. The maximum Gasteiger partial charge on any atom is 0.326 e. The summed E-state index contributed by atoms with van der Waals surface area (Å²) >= 11 is 0. The fourth-order valence-corrected chi connectivity index (χ4v) is 0.975. The van der Waals surface area contributed by atoms with E-state index in [2.05, 4.69) is 10.6 Å². The summed E-state index contributed by atoms with van der Waals surface area (Å²) in [6.45, 7) is 0.551.